The van der Waals surface area contributed by atoms with E-state index in [1.165, 1.54) is 12.1 Å². The van der Waals surface area contributed by atoms with Gasteiger partial charge >= 0.3 is 0 Å². The maximum absolute atomic E-state index is 13.0. The molecule has 0 aliphatic heterocycles. The van der Waals surface area contributed by atoms with Crippen LogP contribution in [0.4, 0.5) is 10.1 Å². The molecule has 106 valence electrons. The molecule has 4 heteroatoms. The lowest BCUT2D eigenvalue weighted by molar-refractivity contribution is 0.413. The summed E-state index contributed by atoms with van der Waals surface area (Å²) in [7, 11) is 3.59. The molecule has 0 saturated heterocycles. The van der Waals surface area contributed by atoms with Crippen molar-refractivity contribution in [3.8, 4) is 5.75 Å². The van der Waals surface area contributed by atoms with E-state index in [0.717, 1.165) is 17.0 Å². The second-order valence-corrected chi connectivity index (χ2v) is 4.62. The summed E-state index contributed by atoms with van der Waals surface area (Å²) < 4.78 is 18.2. The molecule has 0 saturated carbocycles. The minimum Gasteiger partial charge on any atom is -0.497 e. The number of methoxy groups -OCH3 is 1. The number of nitrogens with two attached hydrogens (primary N) is 1. The molecule has 0 amide bonds. The predicted octanol–water partition coefficient (Wildman–Crippen LogP) is 2.97. The predicted molar refractivity (Wildman–Crippen MR) is 79.6 cm³/mol. The summed E-state index contributed by atoms with van der Waals surface area (Å²) in [4.78, 5) is 2.04. The first-order chi connectivity index (χ1) is 9.65. The van der Waals surface area contributed by atoms with E-state index < -0.39 is 0 Å². The van der Waals surface area contributed by atoms with Crippen LogP contribution >= 0.6 is 0 Å². The van der Waals surface area contributed by atoms with Crippen molar-refractivity contribution < 1.29 is 9.13 Å². The molecule has 2 rings (SSSR count). The van der Waals surface area contributed by atoms with Gasteiger partial charge in [-0.3, -0.25) is 0 Å². The van der Waals surface area contributed by atoms with Crippen molar-refractivity contribution in [1.29, 1.82) is 0 Å². The zero-order valence-corrected chi connectivity index (χ0v) is 11.7. The van der Waals surface area contributed by atoms with Gasteiger partial charge in [0.25, 0.3) is 0 Å². The Kier molecular flexibility index (Phi) is 4.58. The fraction of sp³-hybridized carbons (Fsp3) is 0.250. The highest BCUT2D eigenvalue weighted by atomic mass is 19.1. The van der Waals surface area contributed by atoms with Gasteiger partial charge in [-0.1, -0.05) is 12.1 Å². The van der Waals surface area contributed by atoms with E-state index in [2.05, 4.69) is 0 Å². The molecule has 2 aromatic rings. The van der Waals surface area contributed by atoms with E-state index in [-0.39, 0.29) is 11.9 Å². The Morgan fingerprint density at radius 1 is 1.20 bits per heavy atom. The van der Waals surface area contributed by atoms with E-state index >= 15 is 0 Å². The summed E-state index contributed by atoms with van der Waals surface area (Å²) in [6, 6.07) is 14.2. The fourth-order valence-corrected chi connectivity index (χ4v) is 2.22. The molecule has 2 aromatic carbocycles. The standard InChI is InChI=1S/C16H19FN2O/c1-19(14-8-6-13(17)7-9-14)16(11-18)12-4-3-5-15(10-12)20-2/h3-10,16H,11,18H2,1-2H3. The van der Waals surface area contributed by atoms with Crippen LogP contribution in [0.25, 0.3) is 0 Å². The van der Waals surface area contributed by atoms with Gasteiger partial charge in [-0.05, 0) is 42.0 Å². The van der Waals surface area contributed by atoms with E-state index in [9.17, 15) is 4.39 Å². The molecule has 0 radical (unpaired) electrons. The number of rotatable bonds is 5. The monoisotopic (exact) mass is 274 g/mol. The van der Waals surface area contributed by atoms with E-state index in [1.54, 1.807) is 19.2 Å². The summed E-state index contributed by atoms with van der Waals surface area (Å²) in [5, 5.41) is 0. The first-order valence-corrected chi connectivity index (χ1v) is 6.48. The Morgan fingerprint density at radius 3 is 2.50 bits per heavy atom. The van der Waals surface area contributed by atoms with Gasteiger partial charge in [0.1, 0.15) is 11.6 Å². The van der Waals surface area contributed by atoms with Crippen LogP contribution in [0, 0.1) is 5.82 Å². The Bertz CT molecular complexity index is 557. The lowest BCUT2D eigenvalue weighted by Gasteiger charge is -2.29. The Balaban J connectivity index is 2.28. The van der Waals surface area contributed by atoms with Crippen LogP contribution in [0.15, 0.2) is 48.5 Å². The number of halogens is 1. The fourth-order valence-electron chi connectivity index (χ4n) is 2.22. The zero-order chi connectivity index (χ0) is 14.5. The van der Waals surface area contributed by atoms with Crippen molar-refractivity contribution in [1.82, 2.24) is 0 Å². The third-order valence-electron chi connectivity index (χ3n) is 3.40. The topological polar surface area (TPSA) is 38.5 Å². The van der Waals surface area contributed by atoms with Crippen LogP contribution in [0.5, 0.6) is 5.75 Å². The van der Waals surface area contributed by atoms with Crippen LogP contribution in [0.3, 0.4) is 0 Å². The number of nitrogens with zero attached hydrogens (tertiary/aromatic N) is 1. The van der Waals surface area contributed by atoms with Gasteiger partial charge in [0.05, 0.1) is 13.2 Å². The first kappa shape index (κ1) is 14.3. The minimum atomic E-state index is -0.243. The summed E-state index contributed by atoms with van der Waals surface area (Å²) in [6.07, 6.45) is 0. The molecule has 0 spiro atoms. The molecular formula is C16H19FN2O. The highest BCUT2D eigenvalue weighted by molar-refractivity contribution is 5.49. The number of hydrogen-bond acceptors (Lipinski definition) is 3. The van der Waals surface area contributed by atoms with Gasteiger partial charge in [0.2, 0.25) is 0 Å². The minimum absolute atomic E-state index is 0.00978. The Hall–Kier alpha value is -2.07. The van der Waals surface area contributed by atoms with Crippen molar-refractivity contribution in [3.05, 3.63) is 59.9 Å². The lowest BCUT2D eigenvalue weighted by atomic mass is 10.0. The van der Waals surface area contributed by atoms with Crippen molar-refractivity contribution in [2.75, 3.05) is 25.6 Å². The molecular weight excluding hydrogens is 255 g/mol. The van der Waals surface area contributed by atoms with Gasteiger partial charge < -0.3 is 15.4 Å². The largest absolute Gasteiger partial charge is 0.497 e. The SMILES string of the molecule is COc1cccc(C(CN)N(C)c2ccc(F)cc2)c1. The van der Waals surface area contributed by atoms with Gasteiger partial charge in [-0.2, -0.15) is 0 Å². The highest BCUT2D eigenvalue weighted by Crippen LogP contribution is 2.27. The molecule has 20 heavy (non-hydrogen) atoms. The third-order valence-corrected chi connectivity index (χ3v) is 3.40. The smallest absolute Gasteiger partial charge is 0.123 e. The average molecular weight is 274 g/mol. The maximum atomic E-state index is 13.0. The summed E-state index contributed by atoms with van der Waals surface area (Å²) in [5.74, 6) is 0.557. The van der Waals surface area contributed by atoms with Crippen molar-refractivity contribution in [2.24, 2.45) is 5.73 Å². The van der Waals surface area contributed by atoms with Crippen LogP contribution in [-0.4, -0.2) is 20.7 Å². The molecule has 0 aliphatic carbocycles. The molecule has 1 atom stereocenters. The molecule has 2 N–H and O–H groups in total. The van der Waals surface area contributed by atoms with Crippen LogP contribution < -0.4 is 15.4 Å². The summed E-state index contributed by atoms with van der Waals surface area (Å²) in [5.41, 5.74) is 7.90. The average Bonchev–Trinajstić information content (AvgIpc) is 2.49. The Labute approximate surface area is 118 Å². The third kappa shape index (κ3) is 3.08. The van der Waals surface area contributed by atoms with Crippen LogP contribution in [0.2, 0.25) is 0 Å². The quantitative estimate of drug-likeness (QED) is 0.911. The molecule has 0 aromatic heterocycles. The van der Waals surface area contributed by atoms with Crippen molar-refractivity contribution in [2.45, 2.75) is 6.04 Å². The van der Waals surface area contributed by atoms with Gasteiger partial charge in [-0.15, -0.1) is 0 Å². The number of hydrogen-bond donors (Lipinski definition) is 1. The maximum Gasteiger partial charge on any atom is 0.123 e. The second-order valence-electron chi connectivity index (χ2n) is 4.62. The van der Waals surface area contributed by atoms with Crippen molar-refractivity contribution in [3.63, 3.8) is 0 Å². The molecule has 0 aliphatic rings. The van der Waals surface area contributed by atoms with E-state index in [4.69, 9.17) is 10.5 Å². The van der Waals surface area contributed by atoms with Gasteiger partial charge in [0.15, 0.2) is 0 Å². The van der Waals surface area contributed by atoms with E-state index in [0.29, 0.717) is 6.54 Å². The second kappa shape index (κ2) is 6.39. The first-order valence-electron chi connectivity index (χ1n) is 6.48. The normalized spacial score (nSPS) is 12.0. The molecule has 1 unspecified atom stereocenters. The summed E-state index contributed by atoms with van der Waals surface area (Å²) >= 11 is 0. The van der Waals surface area contributed by atoms with E-state index in [1.807, 2.05) is 36.2 Å². The molecule has 0 heterocycles. The molecule has 0 bridgehead atoms. The van der Waals surface area contributed by atoms with Crippen LogP contribution in [0.1, 0.15) is 11.6 Å². The Morgan fingerprint density at radius 2 is 1.90 bits per heavy atom. The highest BCUT2D eigenvalue weighted by Gasteiger charge is 2.16. The molecule has 0 fully saturated rings. The number of likely N-dealkylation sites (N-methyl/N-ethyl adjacent to an activating group) is 1. The van der Waals surface area contributed by atoms with Crippen molar-refractivity contribution >= 4 is 5.69 Å². The number of benzene rings is 2. The number of ether oxygens (including phenoxy) is 1. The van der Waals surface area contributed by atoms with Crippen LogP contribution in [-0.2, 0) is 0 Å². The zero-order valence-electron chi connectivity index (χ0n) is 11.7. The summed E-state index contributed by atoms with van der Waals surface area (Å²) in [6.45, 7) is 0.459. The molecule has 3 nitrogen and oxygen atoms in total. The van der Waals surface area contributed by atoms with Gasteiger partial charge in [0, 0.05) is 19.3 Å². The lowest BCUT2D eigenvalue weighted by Crippen LogP contribution is -2.30. The number of anilines is 1. The van der Waals surface area contributed by atoms with Gasteiger partial charge in [-0.25, -0.2) is 4.39 Å².